The number of ketones is 1. The van der Waals surface area contributed by atoms with Crippen molar-refractivity contribution in [1.29, 1.82) is 0 Å². The number of ether oxygens (including phenoxy) is 2. The highest BCUT2D eigenvalue weighted by molar-refractivity contribution is 8.00. The number of hydrogen-bond acceptors (Lipinski definition) is 6. The number of Topliss-reactive ketones (excluding diaryl/α,β-unsaturated/α-hetero) is 1. The lowest BCUT2D eigenvalue weighted by atomic mass is 10.1. The van der Waals surface area contributed by atoms with Crippen LogP contribution in [-0.4, -0.2) is 40.0 Å². The molecule has 0 aliphatic heterocycles. The van der Waals surface area contributed by atoms with Crippen LogP contribution in [0.25, 0.3) is 11.4 Å². The van der Waals surface area contributed by atoms with Gasteiger partial charge in [-0.3, -0.25) is 4.79 Å². The zero-order valence-corrected chi connectivity index (χ0v) is 17.4. The fourth-order valence-corrected chi connectivity index (χ4v) is 3.78. The van der Waals surface area contributed by atoms with E-state index in [2.05, 4.69) is 16.3 Å². The van der Waals surface area contributed by atoms with Crippen molar-refractivity contribution in [1.82, 2.24) is 14.8 Å². The zero-order valence-electron chi connectivity index (χ0n) is 16.6. The predicted octanol–water partition coefficient (Wildman–Crippen LogP) is 4.17. The van der Waals surface area contributed by atoms with E-state index in [1.165, 1.54) is 11.8 Å². The minimum atomic E-state index is -0.327. The molecule has 7 heteroatoms. The van der Waals surface area contributed by atoms with Gasteiger partial charge < -0.3 is 14.0 Å². The molecule has 3 rings (SSSR count). The Bertz CT molecular complexity index is 1000. The van der Waals surface area contributed by atoms with Gasteiger partial charge in [-0.05, 0) is 38.1 Å². The van der Waals surface area contributed by atoms with Gasteiger partial charge in [-0.15, -0.1) is 10.2 Å². The van der Waals surface area contributed by atoms with Crippen molar-refractivity contribution >= 4 is 17.5 Å². The third-order valence-electron chi connectivity index (χ3n) is 4.43. The maximum absolute atomic E-state index is 12.9. The molecule has 6 nitrogen and oxygen atoms in total. The van der Waals surface area contributed by atoms with Gasteiger partial charge in [0, 0.05) is 18.2 Å². The SMILES string of the molecule is COc1ccc(C(=O)C(C)Sc2nnc(-c3cccc(C)c3)n2C)cc1OC. The Hall–Kier alpha value is -2.80. The van der Waals surface area contributed by atoms with Crippen molar-refractivity contribution in [2.45, 2.75) is 24.3 Å². The Morgan fingerprint density at radius 1 is 1.07 bits per heavy atom. The predicted molar refractivity (Wildman–Crippen MR) is 110 cm³/mol. The van der Waals surface area contributed by atoms with Crippen molar-refractivity contribution in [3.8, 4) is 22.9 Å². The van der Waals surface area contributed by atoms with Gasteiger partial charge in [0.05, 0.1) is 19.5 Å². The summed E-state index contributed by atoms with van der Waals surface area (Å²) in [5.41, 5.74) is 2.73. The van der Waals surface area contributed by atoms with Crippen LogP contribution < -0.4 is 9.47 Å². The van der Waals surface area contributed by atoms with Crippen LogP contribution in [0.2, 0.25) is 0 Å². The third kappa shape index (κ3) is 4.04. The Balaban J connectivity index is 1.80. The first-order chi connectivity index (χ1) is 13.4. The number of nitrogens with zero attached hydrogens (tertiary/aromatic N) is 3. The molecule has 146 valence electrons. The minimum Gasteiger partial charge on any atom is -0.493 e. The first-order valence-corrected chi connectivity index (χ1v) is 9.72. The average molecular weight is 398 g/mol. The Kier molecular flexibility index (Phi) is 6.04. The summed E-state index contributed by atoms with van der Waals surface area (Å²) >= 11 is 1.38. The highest BCUT2D eigenvalue weighted by Gasteiger charge is 2.21. The Morgan fingerprint density at radius 2 is 1.82 bits per heavy atom. The molecule has 0 fully saturated rings. The molecule has 0 aliphatic carbocycles. The fourth-order valence-electron chi connectivity index (χ4n) is 2.89. The lowest BCUT2D eigenvalue weighted by Crippen LogP contribution is -2.14. The van der Waals surface area contributed by atoms with Crippen LogP contribution in [-0.2, 0) is 7.05 Å². The molecule has 1 heterocycles. The first-order valence-electron chi connectivity index (χ1n) is 8.84. The van der Waals surface area contributed by atoms with Crippen LogP contribution in [0.15, 0.2) is 47.6 Å². The van der Waals surface area contributed by atoms with Gasteiger partial charge >= 0.3 is 0 Å². The van der Waals surface area contributed by atoms with E-state index in [0.29, 0.717) is 22.2 Å². The summed E-state index contributed by atoms with van der Waals surface area (Å²) in [5, 5.41) is 8.95. The van der Waals surface area contributed by atoms with Crippen LogP contribution in [0, 0.1) is 6.92 Å². The van der Waals surface area contributed by atoms with Crippen molar-refractivity contribution < 1.29 is 14.3 Å². The summed E-state index contributed by atoms with van der Waals surface area (Å²) in [6.45, 7) is 3.91. The summed E-state index contributed by atoms with van der Waals surface area (Å²) in [6.07, 6.45) is 0. The molecule has 1 unspecified atom stereocenters. The molecule has 0 N–H and O–H groups in total. The van der Waals surface area contributed by atoms with Gasteiger partial charge in [-0.1, -0.05) is 35.5 Å². The smallest absolute Gasteiger partial charge is 0.191 e. The first kappa shape index (κ1) is 19.9. The lowest BCUT2D eigenvalue weighted by Gasteiger charge is -2.12. The van der Waals surface area contributed by atoms with E-state index in [-0.39, 0.29) is 11.0 Å². The molecule has 0 saturated carbocycles. The summed E-state index contributed by atoms with van der Waals surface area (Å²) in [7, 11) is 5.03. The maximum atomic E-state index is 12.9. The van der Waals surface area contributed by atoms with E-state index in [0.717, 1.165) is 17.0 Å². The van der Waals surface area contributed by atoms with Gasteiger partial charge in [-0.2, -0.15) is 0 Å². The van der Waals surface area contributed by atoms with Crippen LogP contribution in [0.1, 0.15) is 22.8 Å². The summed E-state index contributed by atoms with van der Waals surface area (Å²) in [4.78, 5) is 12.9. The van der Waals surface area contributed by atoms with Crippen molar-refractivity contribution in [2.75, 3.05) is 14.2 Å². The minimum absolute atomic E-state index is 0.00828. The Labute approximate surface area is 168 Å². The number of aromatic nitrogens is 3. The normalized spacial score (nSPS) is 11.9. The van der Waals surface area contributed by atoms with Crippen molar-refractivity contribution in [3.05, 3.63) is 53.6 Å². The quantitative estimate of drug-likeness (QED) is 0.440. The zero-order chi connectivity index (χ0) is 20.3. The van der Waals surface area contributed by atoms with Gasteiger partial charge in [0.1, 0.15) is 0 Å². The van der Waals surface area contributed by atoms with Gasteiger partial charge in [0.15, 0.2) is 28.3 Å². The molecule has 0 spiro atoms. The molecule has 1 atom stereocenters. The number of carbonyl (C=O) groups excluding carboxylic acids is 1. The molecule has 0 aliphatic rings. The number of hydrogen-bond donors (Lipinski definition) is 0. The number of aryl methyl sites for hydroxylation is 1. The topological polar surface area (TPSA) is 66.2 Å². The molecule has 2 aromatic carbocycles. The fraction of sp³-hybridized carbons (Fsp3) is 0.286. The van der Waals surface area contributed by atoms with E-state index >= 15 is 0 Å². The molecule has 0 bridgehead atoms. The average Bonchev–Trinajstić information content (AvgIpc) is 3.07. The van der Waals surface area contributed by atoms with Crippen LogP contribution in [0.5, 0.6) is 11.5 Å². The molecule has 28 heavy (non-hydrogen) atoms. The monoisotopic (exact) mass is 397 g/mol. The molecule has 3 aromatic rings. The largest absolute Gasteiger partial charge is 0.493 e. The summed E-state index contributed by atoms with van der Waals surface area (Å²) in [6, 6.07) is 13.3. The third-order valence-corrected chi connectivity index (χ3v) is 5.56. The van der Waals surface area contributed by atoms with E-state index in [4.69, 9.17) is 9.47 Å². The highest BCUT2D eigenvalue weighted by Crippen LogP contribution is 2.31. The molecule has 0 radical (unpaired) electrons. The molecular formula is C21H23N3O3S. The van der Waals surface area contributed by atoms with Crippen LogP contribution in [0.3, 0.4) is 0 Å². The molecule has 1 aromatic heterocycles. The summed E-state index contributed by atoms with van der Waals surface area (Å²) < 4.78 is 12.4. The number of thioether (sulfide) groups is 1. The summed E-state index contributed by atoms with van der Waals surface area (Å²) in [5.74, 6) is 1.89. The number of benzene rings is 2. The van der Waals surface area contributed by atoms with Crippen LogP contribution in [0.4, 0.5) is 0 Å². The maximum Gasteiger partial charge on any atom is 0.191 e. The van der Waals surface area contributed by atoms with Gasteiger partial charge in [0.25, 0.3) is 0 Å². The highest BCUT2D eigenvalue weighted by atomic mass is 32.2. The lowest BCUT2D eigenvalue weighted by molar-refractivity contribution is 0.0993. The number of methoxy groups -OCH3 is 2. The number of rotatable bonds is 7. The van der Waals surface area contributed by atoms with Crippen molar-refractivity contribution in [2.24, 2.45) is 7.05 Å². The van der Waals surface area contributed by atoms with E-state index < -0.39 is 0 Å². The van der Waals surface area contributed by atoms with E-state index in [1.54, 1.807) is 32.4 Å². The van der Waals surface area contributed by atoms with Gasteiger partial charge in [0.2, 0.25) is 0 Å². The second-order valence-corrected chi connectivity index (χ2v) is 7.74. The second kappa shape index (κ2) is 8.48. The second-order valence-electron chi connectivity index (χ2n) is 6.43. The van der Waals surface area contributed by atoms with E-state index in [1.807, 2.05) is 43.7 Å². The molecule has 0 amide bonds. The standard InChI is InChI=1S/C21H23N3O3S/c1-13-7-6-8-16(11-13)20-22-23-21(24(20)3)28-14(2)19(25)15-9-10-17(26-4)18(12-15)27-5/h6-12,14H,1-5H3. The molecule has 0 saturated heterocycles. The van der Waals surface area contributed by atoms with E-state index in [9.17, 15) is 4.79 Å². The Morgan fingerprint density at radius 3 is 2.50 bits per heavy atom. The van der Waals surface area contributed by atoms with Crippen LogP contribution >= 0.6 is 11.8 Å². The number of carbonyl (C=O) groups is 1. The van der Waals surface area contributed by atoms with Gasteiger partial charge in [-0.25, -0.2) is 0 Å². The van der Waals surface area contributed by atoms with Crippen molar-refractivity contribution in [3.63, 3.8) is 0 Å². The molecular weight excluding hydrogens is 374 g/mol.